The van der Waals surface area contributed by atoms with Crippen molar-refractivity contribution in [3.63, 3.8) is 0 Å². The fourth-order valence-corrected chi connectivity index (χ4v) is 1.88. The molecule has 0 aliphatic rings. The van der Waals surface area contributed by atoms with Crippen LogP contribution in [0.15, 0.2) is 24.3 Å². The zero-order valence-corrected chi connectivity index (χ0v) is 9.76. The molecule has 0 amide bonds. The molecular weight excluding hydrogens is 203 g/mol. The van der Waals surface area contributed by atoms with Gasteiger partial charge in [0.25, 0.3) is 0 Å². The summed E-state index contributed by atoms with van der Waals surface area (Å²) in [6.45, 7) is 1.07. The minimum atomic E-state index is -0.175. The number of aryl methyl sites for hydroxylation is 1. The van der Waals surface area contributed by atoms with Crippen molar-refractivity contribution in [2.45, 2.75) is 12.8 Å². The van der Waals surface area contributed by atoms with E-state index in [0.29, 0.717) is 0 Å². The van der Waals surface area contributed by atoms with Gasteiger partial charge in [-0.05, 0) is 57.7 Å². The Balaban J connectivity index is 2.08. The molecule has 0 bridgehead atoms. The number of nitrogens with one attached hydrogen (secondary N) is 1. The van der Waals surface area contributed by atoms with Gasteiger partial charge in [-0.2, -0.15) is 0 Å². The lowest BCUT2D eigenvalue weighted by molar-refractivity contribution is 0.400. The number of nitrogens with zero attached hydrogens (tertiary/aromatic N) is 1. The second kappa shape index (κ2) is 4.66. The normalized spacial score (nSPS) is 11.5. The summed E-state index contributed by atoms with van der Waals surface area (Å²) < 4.78 is 13.0. The molecule has 2 nitrogen and oxygen atoms in total. The molecule has 0 fully saturated rings. The van der Waals surface area contributed by atoms with Crippen molar-refractivity contribution in [3.05, 3.63) is 35.8 Å². The maximum absolute atomic E-state index is 13.0. The van der Waals surface area contributed by atoms with Crippen LogP contribution in [0, 0.1) is 5.82 Å². The molecule has 0 saturated carbocycles. The van der Waals surface area contributed by atoms with Crippen LogP contribution in [0.25, 0.3) is 10.9 Å². The number of fused-ring (bicyclic) bond motifs is 1. The van der Waals surface area contributed by atoms with Crippen LogP contribution in [-0.4, -0.2) is 30.5 Å². The molecule has 2 rings (SSSR count). The van der Waals surface area contributed by atoms with Crippen molar-refractivity contribution in [1.29, 1.82) is 0 Å². The van der Waals surface area contributed by atoms with Crippen molar-refractivity contribution in [2.75, 3.05) is 20.6 Å². The topological polar surface area (TPSA) is 19.0 Å². The summed E-state index contributed by atoms with van der Waals surface area (Å²) in [5.41, 5.74) is 2.20. The molecule has 0 aliphatic heterocycles. The van der Waals surface area contributed by atoms with Crippen LogP contribution in [0.2, 0.25) is 0 Å². The Morgan fingerprint density at radius 2 is 2.06 bits per heavy atom. The highest BCUT2D eigenvalue weighted by molar-refractivity contribution is 5.80. The van der Waals surface area contributed by atoms with Gasteiger partial charge in [0.05, 0.1) is 0 Å². The van der Waals surface area contributed by atoms with Gasteiger partial charge in [-0.3, -0.25) is 0 Å². The first kappa shape index (κ1) is 11.1. The lowest BCUT2D eigenvalue weighted by Gasteiger charge is -2.07. The summed E-state index contributed by atoms with van der Waals surface area (Å²) in [5.74, 6) is -0.175. The maximum atomic E-state index is 13.0. The van der Waals surface area contributed by atoms with Gasteiger partial charge in [0, 0.05) is 16.6 Å². The quantitative estimate of drug-likeness (QED) is 0.839. The van der Waals surface area contributed by atoms with Gasteiger partial charge in [0.15, 0.2) is 0 Å². The SMILES string of the molecule is CN(C)CCCc1cc2cc(F)ccc2[nH]1. The average Bonchev–Trinajstić information content (AvgIpc) is 2.58. The predicted octanol–water partition coefficient (Wildman–Crippen LogP) is 2.80. The Morgan fingerprint density at radius 1 is 1.25 bits per heavy atom. The smallest absolute Gasteiger partial charge is 0.123 e. The Bertz CT molecular complexity index is 474. The van der Waals surface area contributed by atoms with Gasteiger partial charge in [-0.15, -0.1) is 0 Å². The van der Waals surface area contributed by atoms with Crippen molar-refractivity contribution >= 4 is 10.9 Å². The Kier molecular flexibility index (Phi) is 3.25. The molecule has 2 aromatic rings. The van der Waals surface area contributed by atoms with Gasteiger partial charge in [0.2, 0.25) is 0 Å². The van der Waals surface area contributed by atoms with E-state index < -0.39 is 0 Å². The number of aromatic amines is 1. The summed E-state index contributed by atoms with van der Waals surface area (Å²) in [7, 11) is 4.14. The Morgan fingerprint density at radius 3 is 2.81 bits per heavy atom. The monoisotopic (exact) mass is 220 g/mol. The van der Waals surface area contributed by atoms with E-state index in [4.69, 9.17) is 0 Å². The lowest BCUT2D eigenvalue weighted by Crippen LogP contribution is -2.13. The van der Waals surface area contributed by atoms with Gasteiger partial charge < -0.3 is 9.88 Å². The van der Waals surface area contributed by atoms with Gasteiger partial charge in [-0.1, -0.05) is 0 Å². The molecule has 16 heavy (non-hydrogen) atoms. The summed E-state index contributed by atoms with van der Waals surface area (Å²) in [6, 6.07) is 6.89. The number of halogens is 1. The molecule has 1 aromatic heterocycles. The fourth-order valence-electron chi connectivity index (χ4n) is 1.88. The number of benzene rings is 1. The Labute approximate surface area is 95.1 Å². The number of hydrogen-bond donors (Lipinski definition) is 1. The van der Waals surface area contributed by atoms with Crippen LogP contribution in [0.3, 0.4) is 0 Å². The molecule has 1 heterocycles. The largest absolute Gasteiger partial charge is 0.358 e. The molecule has 0 aliphatic carbocycles. The average molecular weight is 220 g/mol. The minimum absolute atomic E-state index is 0.175. The number of H-pyrrole nitrogens is 1. The second-order valence-corrected chi connectivity index (χ2v) is 4.43. The first-order valence-corrected chi connectivity index (χ1v) is 5.57. The van der Waals surface area contributed by atoms with Crippen molar-refractivity contribution in [1.82, 2.24) is 9.88 Å². The first-order valence-electron chi connectivity index (χ1n) is 5.57. The molecule has 0 saturated heterocycles. The highest BCUT2D eigenvalue weighted by Gasteiger charge is 2.02. The summed E-state index contributed by atoms with van der Waals surface area (Å²) >= 11 is 0. The van der Waals surface area contributed by atoms with Crippen LogP contribution in [0.5, 0.6) is 0 Å². The predicted molar refractivity (Wildman–Crippen MR) is 65.1 cm³/mol. The highest BCUT2D eigenvalue weighted by Crippen LogP contribution is 2.17. The molecular formula is C13H17FN2. The van der Waals surface area contributed by atoms with Crippen molar-refractivity contribution < 1.29 is 4.39 Å². The third-order valence-corrected chi connectivity index (χ3v) is 2.69. The number of aromatic nitrogens is 1. The van der Waals surface area contributed by atoms with Crippen LogP contribution in [0.4, 0.5) is 4.39 Å². The molecule has 0 unspecified atom stereocenters. The third-order valence-electron chi connectivity index (χ3n) is 2.69. The van der Waals surface area contributed by atoms with Gasteiger partial charge >= 0.3 is 0 Å². The van der Waals surface area contributed by atoms with Crippen LogP contribution < -0.4 is 0 Å². The zero-order chi connectivity index (χ0) is 11.5. The van der Waals surface area contributed by atoms with E-state index in [1.807, 2.05) is 6.07 Å². The van der Waals surface area contributed by atoms with E-state index >= 15 is 0 Å². The highest BCUT2D eigenvalue weighted by atomic mass is 19.1. The van der Waals surface area contributed by atoms with Crippen LogP contribution in [0.1, 0.15) is 12.1 Å². The van der Waals surface area contributed by atoms with E-state index in [1.54, 1.807) is 12.1 Å². The molecule has 3 heteroatoms. The van der Waals surface area contributed by atoms with Crippen LogP contribution in [-0.2, 0) is 6.42 Å². The summed E-state index contributed by atoms with van der Waals surface area (Å²) in [6.07, 6.45) is 2.12. The molecule has 1 aromatic carbocycles. The van der Waals surface area contributed by atoms with Crippen molar-refractivity contribution in [3.8, 4) is 0 Å². The van der Waals surface area contributed by atoms with Gasteiger partial charge in [-0.25, -0.2) is 4.39 Å². The first-order chi connectivity index (χ1) is 7.65. The van der Waals surface area contributed by atoms with Gasteiger partial charge in [0.1, 0.15) is 5.82 Å². The van der Waals surface area contributed by atoms with E-state index in [2.05, 4.69) is 24.0 Å². The molecule has 0 radical (unpaired) electrons. The van der Waals surface area contributed by atoms with E-state index in [1.165, 1.54) is 11.8 Å². The van der Waals surface area contributed by atoms with Crippen LogP contribution >= 0.6 is 0 Å². The summed E-state index contributed by atoms with van der Waals surface area (Å²) in [4.78, 5) is 5.48. The third kappa shape index (κ3) is 2.61. The molecule has 86 valence electrons. The number of rotatable bonds is 4. The number of hydrogen-bond acceptors (Lipinski definition) is 1. The molecule has 1 N–H and O–H groups in total. The standard InChI is InChI=1S/C13H17FN2/c1-16(2)7-3-4-12-9-10-8-11(14)5-6-13(10)15-12/h5-6,8-9,15H,3-4,7H2,1-2H3. The summed E-state index contributed by atoms with van der Waals surface area (Å²) in [5, 5.41) is 0.958. The van der Waals surface area contributed by atoms with E-state index in [9.17, 15) is 4.39 Å². The molecule has 0 spiro atoms. The van der Waals surface area contributed by atoms with E-state index in [-0.39, 0.29) is 5.82 Å². The lowest BCUT2D eigenvalue weighted by atomic mass is 10.2. The van der Waals surface area contributed by atoms with E-state index in [0.717, 1.165) is 30.3 Å². The Hall–Kier alpha value is -1.35. The molecule has 0 atom stereocenters. The van der Waals surface area contributed by atoms with Crippen molar-refractivity contribution in [2.24, 2.45) is 0 Å². The maximum Gasteiger partial charge on any atom is 0.123 e. The fraction of sp³-hybridized carbons (Fsp3) is 0.385. The minimum Gasteiger partial charge on any atom is -0.358 e. The zero-order valence-electron chi connectivity index (χ0n) is 9.76. The second-order valence-electron chi connectivity index (χ2n) is 4.43.